The predicted octanol–water partition coefficient (Wildman–Crippen LogP) is 6.06. The van der Waals surface area contributed by atoms with Crippen LogP contribution < -0.4 is 15.4 Å². The molecule has 40 heavy (non-hydrogen) atoms. The number of carbonyl (C=O) groups excluding carboxylic acids is 1. The fourth-order valence-electron chi connectivity index (χ4n) is 4.21. The summed E-state index contributed by atoms with van der Waals surface area (Å²) >= 11 is 7.47. The minimum atomic E-state index is -4.72. The number of nitrogens with zero attached hydrogens (tertiary/aromatic N) is 2. The molecule has 2 aromatic carbocycles. The number of alkyl halides is 3. The highest BCUT2D eigenvalue weighted by Gasteiger charge is 2.32. The van der Waals surface area contributed by atoms with Gasteiger partial charge in [-0.05, 0) is 48.3 Å². The average Bonchev–Trinajstić information content (AvgIpc) is 3.33. The number of allylic oxidation sites excluding steroid dienone is 3. The van der Waals surface area contributed by atoms with Crippen LogP contribution in [0.4, 0.5) is 13.2 Å². The second kappa shape index (κ2) is 14.3. The zero-order valence-electron chi connectivity index (χ0n) is 21.7. The lowest BCUT2D eigenvalue weighted by molar-refractivity contribution is -0.303. The fraction of sp³-hybridized carbons (Fsp3) is 0.310. The molecular formula is C29H30ClF3N4O2S. The van der Waals surface area contributed by atoms with Crippen molar-refractivity contribution in [2.75, 3.05) is 13.1 Å². The van der Waals surface area contributed by atoms with Crippen LogP contribution in [0.3, 0.4) is 0 Å². The highest BCUT2D eigenvalue weighted by Crippen LogP contribution is 2.30. The molecule has 0 aliphatic heterocycles. The van der Waals surface area contributed by atoms with Gasteiger partial charge >= 0.3 is 6.36 Å². The van der Waals surface area contributed by atoms with Gasteiger partial charge in [-0.2, -0.15) is 0 Å². The van der Waals surface area contributed by atoms with Gasteiger partial charge in [-0.15, -0.1) is 24.5 Å². The molecule has 0 fully saturated rings. The van der Waals surface area contributed by atoms with E-state index in [0.717, 1.165) is 21.6 Å². The number of halogens is 4. The molecule has 1 aliphatic rings. The molecule has 1 amide bonds. The first kappa shape index (κ1) is 29.6. The summed E-state index contributed by atoms with van der Waals surface area (Å²) in [7, 11) is 0. The summed E-state index contributed by atoms with van der Waals surface area (Å²) in [6.45, 7) is 2.37. The molecular weight excluding hydrogens is 561 g/mol. The van der Waals surface area contributed by atoms with E-state index in [-0.39, 0.29) is 24.1 Å². The van der Waals surface area contributed by atoms with Crippen molar-refractivity contribution in [2.24, 2.45) is 4.99 Å². The third-order valence-corrected chi connectivity index (χ3v) is 7.33. The quantitative estimate of drug-likeness (QED) is 0.252. The number of amides is 1. The van der Waals surface area contributed by atoms with E-state index in [9.17, 15) is 18.0 Å². The molecule has 0 spiro atoms. The molecule has 11 heteroatoms. The van der Waals surface area contributed by atoms with Crippen LogP contribution in [0.1, 0.15) is 35.6 Å². The SMILES string of the molecule is O=C(CNCc1ccccc1)NCCCn1c(C2C=CC(OC(F)(F)F)=CC2)csc1=NCc1ccc(Cl)cc1. The Bertz CT molecular complexity index is 1380. The average molecular weight is 591 g/mol. The maximum Gasteiger partial charge on any atom is 0.573 e. The second-order valence-corrected chi connectivity index (χ2v) is 10.5. The predicted molar refractivity (Wildman–Crippen MR) is 151 cm³/mol. The maximum absolute atomic E-state index is 12.6. The highest BCUT2D eigenvalue weighted by molar-refractivity contribution is 7.07. The van der Waals surface area contributed by atoms with Gasteiger partial charge in [0.25, 0.3) is 0 Å². The number of nitrogens with one attached hydrogen (secondary N) is 2. The Morgan fingerprint density at radius 1 is 1.12 bits per heavy atom. The lowest BCUT2D eigenvalue weighted by Crippen LogP contribution is -2.34. The first-order valence-electron chi connectivity index (χ1n) is 12.9. The van der Waals surface area contributed by atoms with Gasteiger partial charge in [-0.25, -0.2) is 0 Å². The van der Waals surface area contributed by atoms with Crippen LogP contribution in [0.15, 0.2) is 89.0 Å². The molecule has 3 aromatic rings. The van der Waals surface area contributed by atoms with Gasteiger partial charge in [0.15, 0.2) is 4.80 Å². The van der Waals surface area contributed by atoms with Crippen molar-refractivity contribution >= 4 is 28.8 Å². The number of benzene rings is 2. The molecule has 0 saturated heterocycles. The molecule has 1 heterocycles. The highest BCUT2D eigenvalue weighted by atomic mass is 35.5. The van der Waals surface area contributed by atoms with Crippen LogP contribution in [0.5, 0.6) is 0 Å². The van der Waals surface area contributed by atoms with E-state index in [1.54, 1.807) is 6.08 Å². The van der Waals surface area contributed by atoms with E-state index in [1.165, 1.54) is 23.5 Å². The van der Waals surface area contributed by atoms with Gasteiger partial charge in [0, 0.05) is 41.6 Å². The number of thiazole rings is 1. The normalized spacial score (nSPS) is 15.7. The van der Waals surface area contributed by atoms with Crippen LogP contribution in [0.2, 0.25) is 5.02 Å². The Morgan fingerprint density at radius 2 is 1.90 bits per heavy atom. The van der Waals surface area contributed by atoms with E-state index in [2.05, 4.69) is 19.9 Å². The molecule has 212 valence electrons. The van der Waals surface area contributed by atoms with Crippen molar-refractivity contribution in [3.8, 4) is 0 Å². The molecule has 1 unspecified atom stereocenters. The lowest BCUT2D eigenvalue weighted by Gasteiger charge is -2.19. The summed E-state index contributed by atoms with van der Waals surface area (Å²) < 4.78 is 43.9. The first-order valence-corrected chi connectivity index (χ1v) is 14.1. The summed E-state index contributed by atoms with van der Waals surface area (Å²) in [5.74, 6) is -0.411. The lowest BCUT2D eigenvalue weighted by atomic mass is 9.97. The van der Waals surface area contributed by atoms with Gasteiger partial charge in [0.1, 0.15) is 5.76 Å². The standard InChI is InChI=1S/C29H30ClF3N4O2S/c30-24-11-7-22(8-12-24)18-36-28-37(16-4-15-35-27(38)19-34-17-21-5-2-1-3-6-21)26(20-40-28)23-9-13-25(14-10-23)39-29(31,32)33/h1-3,5-9,11-14,20,23,34H,4,10,15-19H2,(H,35,38). The van der Waals surface area contributed by atoms with Crippen molar-refractivity contribution in [3.63, 3.8) is 0 Å². The van der Waals surface area contributed by atoms with Gasteiger partial charge in [-0.3, -0.25) is 9.79 Å². The number of aromatic nitrogens is 1. The third kappa shape index (κ3) is 9.39. The van der Waals surface area contributed by atoms with Crippen molar-refractivity contribution in [1.29, 1.82) is 0 Å². The Balaban J connectivity index is 1.37. The molecule has 0 saturated carbocycles. The zero-order valence-corrected chi connectivity index (χ0v) is 23.2. The summed E-state index contributed by atoms with van der Waals surface area (Å²) in [5.41, 5.74) is 3.07. The number of hydrogen-bond acceptors (Lipinski definition) is 5. The largest absolute Gasteiger partial charge is 0.573 e. The van der Waals surface area contributed by atoms with Crippen LogP contribution in [0, 0.1) is 0 Å². The topological polar surface area (TPSA) is 67.7 Å². The molecule has 6 nitrogen and oxygen atoms in total. The molecule has 0 bridgehead atoms. The minimum Gasteiger partial charge on any atom is -0.406 e. The van der Waals surface area contributed by atoms with Gasteiger partial charge in [0.2, 0.25) is 5.91 Å². The molecule has 2 N–H and O–H groups in total. The molecule has 1 atom stereocenters. The smallest absolute Gasteiger partial charge is 0.406 e. The van der Waals surface area contributed by atoms with E-state index in [0.29, 0.717) is 44.0 Å². The van der Waals surface area contributed by atoms with E-state index >= 15 is 0 Å². The minimum absolute atomic E-state index is 0.0864. The summed E-state index contributed by atoms with van der Waals surface area (Å²) in [4.78, 5) is 17.9. The maximum atomic E-state index is 12.6. The molecule has 1 aromatic heterocycles. The Kier molecular flexibility index (Phi) is 10.6. The van der Waals surface area contributed by atoms with Gasteiger partial charge in [-0.1, -0.05) is 60.1 Å². The van der Waals surface area contributed by atoms with Crippen LogP contribution in [-0.2, 0) is 29.2 Å². The first-order chi connectivity index (χ1) is 19.3. The van der Waals surface area contributed by atoms with Crippen molar-refractivity contribution in [1.82, 2.24) is 15.2 Å². The monoisotopic (exact) mass is 590 g/mol. The number of ether oxygens (including phenoxy) is 1. The van der Waals surface area contributed by atoms with Crippen LogP contribution in [0.25, 0.3) is 0 Å². The van der Waals surface area contributed by atoms with E-state index < -0.39 is 6.36 Å². The van der Waals surface area contributed by atoms with Crippen LogP contribution in [-0.4, -0.2) is 29.9 Å². The molecule has 1 aliphatic carbocycles. The van der Waals surface area contributed by atoms with E-state index in [1.807, 2.05) is 60.0 Å². The molecule has 4 rings (SSSR count). The Labute approximate surface area is 239 Å². The number of carbonyl (C=O) groups is 1. The Morgan fingerprint density at radius 3 is 2.60 bits per heavy atom. The van der Waals surface area contributed by atoms with Crippen molar-refractivity contribution < 1.29 is 22.7 Å². The zero-order chi connectivity index (χ0) is 28.4. The van der Waals surface area contributed by atoms with Gasteiger partial charge < -0.3 is 19.9 Å². The van der Waals surface area contributed by atoms with Crippen molar-refractivity contribution in [2.45, 2.75) is 44.8 Å². The number of rotatable bonds is 12. The van der Waals surface area contributed by atoms with Gasteiger partial charge in [0.05, 0.1) is 13.1 Å². The van der Waals surface area contributed by atoms with Crippen molar-refractivity contribution in [3.05, 3.63) is 111 Å². The second-order valence-electron chi connectivity index (χ2n) is 9.19. The number of hydrogen-bond donors (Lipinski definition) is 2. The fourth-order valence-corrected chi connectivity index (χ4v) is 5.32. The third-order valence-electron chi connectivity index (χ3n) is 6.16. The summed E-state index contributed by atoms with van der Waals surface area (Å²) in [5, 5.41) is 8.72. The summed E-state index contributed by atoms with van der Waals surface area (Å²) in [6, 6.07) is 17.3. The molecule has 0 radical (unpaired) electrons. The Hall–Kier alpha value is -3.34. The van der Waals surface area contributed by atoms with Crippen LogP contribution >= 0.6 is 22.9 Å². The summed E-state index contributed by atoms with van der Waals surface area (Å²) in [6.07, 6.45) is 0.851. The van der Waals surface area contributed by atoms with E-state index in [4.69, 9.17) is 16.6 Å².